The maximum absolute atomic E-state index is 12.9. The molecule has 3 N–H and O–H groups in total. The van der Waals surface area contributed by atoms with Crippen LogP contribution in [0.5, 0.6) is 0 Å². The molecule has 0 bridgehead atoms. The molecule has 0 fully saturated rings. The lowest BCUT2D eigenvalue weighted by Crippen LogP contribution is -2.05. The van der Waals surface area contributed by atoms with Gasteiger partial charge in [-0.15, -0.1) is 0 Å². The summed E-state index contributed by atoms with van der Waals surface area (Å²) in [5.74, 6) is 0.439. The second-order valence-electron chi connectivity index (χ2n) is 5.06. The molecule has 3 heterocycles. The summed E-state index contributed by atoms with van der Waals surface area (Å²) in [5, 5.41) is 4.11. The molecule has 0 saturated heterocycles. The molecule has 24 heavy (non-hydrogen) atoms. The van der Waals surface area contributed by atoms with Crippen molar-refractivity contribution in [3.63, 3.8) is 0 Å². The Morgan fingerprint density at radius 1 is 1.08 bits per heavy atom. The van der Waals surface area contributed by atoms with Gasteiger partial charge in [0.2, 0.25) is 9.84 Å². The molecule has 0 spiro atoms. The van der Waals surface area contributed by atoms with E-state index in [1.54, 1.807) is 36.7 Å². The summed E-state index contributed by atoms with van der Waals surface area (Å²) in [7, 11) is -3.81. The molecule has 8 nitrogen and oxygen atoms in total. The minimum atomic E-state index is -3.81. The third-order valence-electron chi connectivity index (χ3n) is 3.59. The summed E-state index contributed by atoms with van der Waals surface area (Å²) in [4.78, 5) is 11.3. The standard InChI is InChI=1S/C15H12N6O2S/c16-14-13(24(22,23)10-5-2-1-3-6-10)11-12(20-14)15(18-9-17-11)21-8-4-7-19-21/h1-9,20H,16H2. The molecule has 0 aliphatic carbocycles. The van der Waals surface area contributed by atoms with E-state index in [9.17, 15) is 8.42 Å². The van der Waals surface area contributed by atoms with Gasteiger partial charge in [0.15, 0.2) is 5.82 Å². The summed E-state index contributed by atoms with van der Waals surface area (Å²) in [5.41, 5.74) is 6.61. The summed E-state index contributed by atoms with van der Waals surface area (Å²) in [6.45, 7) is 0. The number of rotatable bonds is 3. The van der Waals surface area contributed by atoms with E-state index in [0.717, 1.165) is 0 Å². The van der Waals surface area contributed by atoms with Crippen LogP contribution >= 0.6 is 0 Å². The van der Waals surface area contributed by atoms with Crippen molar-refractivity contribution in [3.05, 3.63) is 55.1 Å². The van der Waals surface area contributed by atoms with Crippen LogP contribution in [0.15, 0.2) is 64.9 Å². The lowest BCUT2D eigenvalue weighted by atomic mass is 10.4. The Morgan fingerprint density at radius 2 is 1.88 bits per heavy atom. The SMILES string of the molecule is Nc1[nH]c2c(-n3cccn3)ncnc2c1S(=O)(=O)c1ccccc1. The van der Waals surface area contributed by atoms with Crippen LogP contribution in [0.3, 0.4) is 0 Å². The van der Waals surface area contributed by atoms with Crippen LogP contribution < -0.4 is 5.73 Å². The van der Waals surface area contributed by atoms with E-state index in [0.29, 0.717) is 11.3 Å². The molecule has 3 aromatic heterocycles. The van der Waals surface area contributed by atoms with E-state index in [4.69, 9.17) is 5.73 Å². The van der Waals surface area contributed by atoms with Gasteiger partial charge in [-0.3, -0.25) is 0 Å². The fraction of sp³-hybridized carbons (Fsp3) is 0. The molecular formula is C15H12N6O2S. The highest BCUT2D eigenvalue weighted by Gasteiger charge is 2.27. The van der Waals surface area contributed by atoms with Gasteiger partial charge in [0.1, 0.15) is 28.1 Å². The predicted octanol–water partition coefficient (Wildman–Crippen LogP) is 1.56. The van der Waals surface area contributed by atoms with Gasteiger partial charge in [-0.25, -0.2) is 23.1 Å². The van der Waals surface area contributed by atoms with Gasteiger partial charge in [-0.2, -0.15) is 5.10 Å². The number of hydrogen-bond donors (Lipinski definition) is 2. The highest BCUT2D eigenvalue weighted by molar-refractivity contribution is 7.92. The van der Waals surface area contributed by atoms with Gasteiger partial charge in [-0.1, -0.05) is 18.2 Å². The predicted molar refractivity (Wildman–Crippen MR) is 87.3 cm³/mol. The van der Waals surface area contributed by atoms with Crippen molar-refractivity contribution < 1.29 is 8.42 Å². The number of aromatic nitrogens is 5. The number of sulfone groups is 1. The quantitative estimate of drug-likeness (QED) is 0.584. The lowest BCUT2D eigenvalue weighted by molar-refractivity contribution is 0.597. The van der Waals surface area contributed by atoms with Gasteiger partial charge in [0, 0.05) is 12.4 Å². The molecule has 0 aliphatic rings. The molecule has 9 heteroatoms. The number of benzene rings is 1. The summed E-state index contributed by atoms with van der Waals surface area (Å²) >= 11 is 0. The molecular weight excluding hydrogens is 328 g/mol. The van der Waals surface area contributed by atoms with Crippen LogP contribution in [-0.2, 0) is 9.84 Å². The van der Waals surface area contributed by atoms with E-state index in [1.165, 1.54) is 23.1 Å². The van der Waals surface area contributed by atoms with Gasteiger partial charge in [0.25, 0.3) is 0 Å². The summed E-state index contributed by atoms with van der Waals surface area (Å²) in [6, 6.07) is 9.83. The van der Waals surface area contributed by atoms with Crippen molar-refractivity contribution in [2.45, 2.75) is 9.79 Å². The van der Waals surface area contributed by atoms with Crippen LogP contribution in [0.25, 0.3) is 16.9 Å². The Labute approximate surface area is 136 Å². The molecule has 0 aliphatic heterocycles. The first kappa shape index (κ1) is 14.4. The van der Waals surface area contributed by atoms with Crippen LogP contribution in [0.2, 0.25) is 0 Å². The largest absolute Gasteiger partial charge is 0.384 e. The molecule has 120 valence electrons. The Morgan fingerprint density at radius 3 is 2.58 bits per heavy atom. The third kappa shape index (κ3) is 2.06. The van der Waals surface area contributed by atoms with Crippen LogP contribution in [0.4, 0.5) is 5.82 Å². The average molecular weight is 340 g/mol. The number of nitrogens with two attached hydrogens (primary N) is 1. The van der Waals surface area contributed by atoms with E-state index >= 15 is 0 Å². The third-order valence-corrected chi connectivity index (χ3v) is 5.43. The Hall–Kier alpha value is -3.20. The molecule has 0 atom stereocenters. The van der Waals surface area contributed by atoms with Crippen molar-refractivity contribution in [1.82, 2.24) is 24.7 Å². The molecule has 0 amide bonds. The van der Waals surface area contributed by atoms with E-state index in [2.05, 4.69) is 20.1 Å². The first-order chi connectivity index (χ1) is 11.6. The van der Waals surface area contributed by atoms with Crippen LogP contribution in [0, 0.1) is 0 Å². The fourth-order valence-electron chi connectivity index (χ4n) is 2.54. The van der Waals surface area contributed by atoms with Gasteiger partial charge in [-0.05, 0) is 18.2 Å². The minimum Gasteiger partial charge on any atom is -0.384 e. The van der Waals surface area contributed by atoms with Gasteiger partial charge in [0.05, 0.1) is 4.90 Å². The number of nitrogens with zero attached hydrogens (tertiary/aromatic N) is 4. The molecule has 0 radical (unpaired) electrons. The van der Waals surface area contributed by atoms with Crippen LogP contribution in [-0.4, -0.2) is 33.2 Å². The van der Waals surface area contributed by atoms with Crippen LogP contribution in [0.1, 0.15) is 0 Å². The Balaban J connectivity index is 2.02. The number of fused-ring (bicyclic) bond motifs is 1. The average Bonchev–Trinajstić information content (AvgIpc) is 3.22. The summed E-state index contributed by atoms with van der Waals surface area (Å²) < 4.78 is 27.4. The minimum absolute atomic E-state index is 0.0164. The number of H-pyrrole nitrogens is 1. The van der Waals surface area contributed by atoms with E-state index < -0.39 is 9.84 Å². The monoisotopic (exact) mass is 340 g/mol. The zero-order valence-corrected chi connectivity index (χ0v) is 13.1. The molecule has 0 saturated carbocycles. The lowest BCUT2D eigenvalue weighted by Gasteiger charge is -2.04. The van der Waals surface area contributed by atoms with Crippen molar-refractivity contribution in [3.8, 4) is 5.82 Å². The second-order valence-corrected chi connectivity index (χ2v) is 6.94. The summed E-state index contributed by atoms with van der Waals surface area (Å²) in [6.07, 6.45) is 4.59. The molecule has 0 unspecified atom stereocenters. The van der Waals surface area contributed by atoms with Gasteiger partial charge < -0.3 is 10.7 Å². The number of aromatic amines is 1. The topological polar surface area (TPSA) is 120 Å². The number of hydrogen-bond acceptors (Lipinski definition) is 6. The van der Waals surface area contributed by atoms with Crippen molar-refractivity contribution in [2.75, 3.05) is 5.73 Å². The Bertz CT molecular complexity index is 1120. The second kappa shape index (κ2) is 5.17. The molecule has 4 aromatic rings. The van der Waals surface area contributed by atoms with E-state index in [-0.39, 0.29) is 21.1 Å². The first-order valence-electron chi connectivity index (χ1n) is 7.01. The number of nitrogens with one attached hydrogen (secondary N) is 1. The van der Waals surface area contributed by atoms with Gasteiger partial charge >= 0.3 is 0 Å². The molecule has 4 rings (SSSR count). The highest BCUT2D eigenvalue weighted by Crippen LogP contribution is 2.33. The maximum atomic E-state index is 12.9. The first-order valence-corrected chi connectivity index (χ1v) is 8.49. The molecule has 1 aromatic carbocycles. The highest BCUT2D eigenvalue weighted by atomic mass is 32.2. The Kier molecular flexibility index (Phi) is 3.10. The van der Waals surface area contributed by atoms with Crippen molar-refractivity contribution >= 4 is 26.7 Å². The van der Waals surface area contributed by atoms with Crippen molar-refractivity contribution in [2.24, 2.45) is 0 Å². The zero-order valence-electron chi connectivity index (χ0n) is 12.3. The van der Waals surface area contributed by atoms with E-state index in [1.807, 2.05) is 0 Å². The zero-order chi connectivity index (χ0) is 16.7. The smallest absolute Gasteiger partial charge is 0.212 e. The van der Waals surface area contributed by atoms with Crippen molar-refractivity contribution in [1.29, 1.82) is 0 Å². The number of anilines is 1. The normalized spacial score (nSPS) is 11.8. The maximum Gasteiger partial charge on any atom is 0.212 e. The number of nitrogen functional groups attached to an aromatic ring is 1. The fourth-order valence-corrected chi connectivity index (χ4v) is 4.04.